The fraction of sp³-hybridized carbons (Fsp3) is 0.545. The van der Waals surface area contributed by atoms with E-state index in [1.165, 1.54) is 18.5 Å². The van der Waals surface area contributed by atoms with Gasteiger partial charge in [0.2, 0.25) is 0 Å². The molecule has 2 fully saturated rings. The molecule has 1 aliphatic carbocycles. The Kier molecular flexibility index (Phi) is 5.19. The fourth-order valence-corrected chi connectivity index (χ4v) is 4.51. The van der Waals surface area contributed by atoms with Crippen molar-refractivity contribution in [2.24, 2.45) is 5.92 Å². The van der Waals surface area contributed by atoms with Gasteiger partial charge in [0.15, 0.2) is 0 Å². The van der Waals surface area contributed by atoms with Crippen LogP contribution < -0.4 is 0 Å². The summed E-state index contributed by atoms with van der Waals surface area (Å²) in [7, 11) is 1.85. The minimum absolute atomic E-state index is 0.103. The van der Waals surface area contributed by atoms with Crippen molar-refractivity contribution < 1.29 is 9.59 Å². The van der Waals surface area contributed by atoms with Gasteiger partial charge in [0.05, 0.1) is 0 Å². The zero-order valence-corrected chi connectivity index (χ0v) is 16.2. The first-order chi connectivity index (χ1) is 13.1. The van der Waals surface area contributed by atoms with Crippen molar-refractivity contribution in [2.45, 2.75) is 45.1 Å². The van der Waals surface area contributed by atoms with Crippen LogP contribution in [0.4, 0.5) is 4.79 Å². The number of carbonyl (C=O) groups excluding carboxylic acids is 2. The van der Waals surface area contributed by atoms with Gasteiger partial charge in [-0.05, 0) is 62.1 Å². The maximum absolute atomic E-state index is 12.9. The maximum Gasteiger partial charge on any atom is 0.320 e. The summed E-state index contributed by atoms with van der Waals surface area (Å²) >= 11 is 0. The lowest BCUT2D eigenvalue weighted by Crippen LogP contribution is -2.43. The first kappa shape index (κ1) is 18.1. The molecule has 0 radical (unpaired) electrons. The predicted molar refractivity (Wildman–Crippen MR) is 105 cm³/mol. The largest absolute Gasteiger partial charge is 0.325 e. The third-order valence-corrected chi connectivity index (χ3v) is 6.06. The number of amides is 3. The highest BCUT2D eigenvalue weighted by molar-refractivity contribution is 5.95. The summed E-state index contributed by atoms with van der Waals surface area (Å²) < 4.78 is 0. The minimum Gasteiger partial charge on any atom is -0.325 e. The molecule has 3 amide bonds. The summed E-state index contributed by atoms with van der Waals surface area (Å²) in [5.74, 6) is 0.748. The molecule has 144 valence electrons. The summed E-state index contributed by atoms with van der Waals surface area (Å²) in [5.41, 5.74) is 2.99. The number of rotatable bonds is 3. The Morgan fingerprint density at radius 1 is 1.11 bits per heavy atom. The molecule has 0 saturated carbocycles. The SMILES string of the molecule is CN(Cc1ccc(C(=O)N2CC3CCC=C2C3)cc1)C(=O)N1CCCCC1. The normalized spacial score (nSPS) is 21.8. The Morgan fingerprint density at radius 2 is 1.85 bits per heavy atom. The van der Waals surface area contributed by atoms with Crippen LogP contribution in [0.3, 0.4) is 0 Å². The third-order valence-electron chi connectivity index (χ3n) is 6.06. The van der Waals surface area contributed by atoms with E-state index in [0.29, 0.717) is 12.5 Å². The van der Waals surface area contributed by atoms with Crippen molar-refractivity contribution in [1.29, 1.82) is 0 Å². The summed E-state index contributed by atoms with van der Waals surface area (Å²) in [4.78, 5) is 31.1. The van der Waals surface area contributed by atoms with Crippen molar-refractivity contribution in [1.82, 2.24) is 14.7 Å². The molecule has 27 heavy (non-hydrogen) atoms. The molecular weight excluding hydrogens is 338 g/mol. The van der Waals surface area contributed by atoms with Gasteiger partial charge >= 0.3 is 6.03 Å². The van der Waals surface area contributed by atoms with Crippen molar-refractivity contribution in [3.63, 3.8) is 0 Å². The Morgan fingerprint density at radius 3 is 2.56 bits per heavy atom. The molecule has 1 aromatic carbocycles. The van der Waals surface area contributed by atoms with E-state index in [-0.39, 0.29) is 11.9 Å². The van der Waals surface area contributed by atoms with Crippen LogP contribution in [0.1, 0.15) is 54.4 Å². The van der Waals surface area contributed by atoms with Crippen LogP contribution in [0.25, 0.3) is 0 Å². The number of urea groups is 1. The lowest BCUT2D eigenvalue weighted by atomic mass is 9.97. The number of hydrogen-bond acceptors (Lipinski definition) is 2. The number of benzene rings is 1. The van der Waals surface area contributed by atoms with Crippen LogP contribution in [0, 0.1) is 5.92 Å². The van der Waals surface area contributed by atoms with Crippen molar-refractivity contribution in [3.8, 4) is 0 Å². The molecular formula is C22H29N3O2. The highest BCUT2D eigenvalue weighted by atomic mass is 16.2. The van der Waals surface area contributed by atoms with Gasteiger partial charge in [0.25, 0.3) is 5.91 Å². The first-order valence-electron chi connectivity index (χ1n) is 10.2. The van der Waals surface area contributed by atoms with E-state index < -0.39 is 0 Å². The van der Waals surface area contributed by atoms with E-state index in [9.17, 15) is 9.59 Å². The van der Waals surface area contributed by atoms with E-state index >= 15 is 0 Å². The summed E-state index contributed by atoms with van der Waals surface area (Å²) in [6.07, 6.45) is 8.99. The van der Waals surface area contributed by atoms with Gasteiger partial charge in [-0.1, -0.05) is 18.2 Å². The van der Waals surface area contributed by atoms with Gasteiger partial charge in [-0.2, -0.15) is 0 Å². The number of likely N-dealkylation sites (tertiary alicyclic amines) is 2. The molecule has 5 heteroatoms. The number of carbonyl (C=O) groups is 2. The highest BCUT2D eigenvalue weighted by Crippen LogP contribution is 2.35. The van der Waals surface area contributed by atoms with E-state index in [1.54, 1.807) is 4.90 Å². The van der Waals surface area contributed by atoms with Crippen molar-refractivity contribution in [2.75, 3.05) is 26.7 Å². The molecule has 0 spiro atoms. The number of piperidine rings is 1. The molecule has 2 aliphatic heterocycles. The standard InChI is InChI=1S/C22H29N3O2/c1-23(22(27)24-12-3-2-4-13-24)15-17-8-10-19(11-9-17)21(26)25-16-18-6-5-7-20(25)14-18/h7-11,18H,2-6,12-16H2,1H3. The number of hydrogen-bond donors (Lipinski definition) is 0. The smallest absolute Gasteiger partial charge is 0.320 e. The van der Waals surface area contributed by atoms with Gasteiger partial charge in [0, 0.05) is 44.5 Å². The molecule has 1 atom stereocenters. The van der Waals surface area contributed by atoms with Crippen LogP contribution in [-0.4, -0.2) is 53.3 Å². The second-order valence-electron chi connectivity index (χ2n) is 8.14. The van der Waals surface area contributed by atoms with Gasteiger partial charge in [0.1, 0.15) is 0 Å². The zero-order chi connectivity index (χ0) is 18.8. The highest BCUT2D eigenvalue weighted by Gasteiger charge is 2.33. The third kappa shape index (κ3) is 3.87. The van der Waals surface area contributed by atoms with E-state index in [1.807, 2.05) is 41.1 Å². The van der Waals surface area contributed by atoms with Crippen LogP contribution in [0.5, 0.6) is 0 Å². The Hall–Kier alpha value is -2.30. The summed E-state index contributed by atoms with van der Waals surface area (Å²) in [6.45, 7) is 3.16. The van der Waals surface area contributed by atoms with Crippen LogP contribution in [-0.2, 0) is 6.54 Å². The molecule has 2 heterocycles. The van der Waals surface area contributed by atoms with Crippen LogP contribution >= 0.6 is 0 Å². The molecule has 2 bridgehead atoms. The lowest BCUT2D eigenvalue weighted by molar-refractivity contribution is 0.0820. The zero-order valence-electron chi connectivity index (χ0n) is 16.2. The molecule has 0 N–H and O–H groups in total. The number of fused-ring (bicyclic) bond motifs is 2. The Labute approximate surface area is 161 Å². The molecule has 1 aromatic rings. The molecule has 2 saturated heterocycles. The molecule has 0 aromatic heterocycles. The first-order valence-corrected chi connectivity index (χ1v) is 10.2. The maximum atomic E-state index is 12.9. The summed E-state index contributed by atoms with van der Waals surface area (Å²) in [5, 5.41) is 0. The lowest BCUT2D eigenvalue weighted by Gasteiger charge is -2.31. The summed E-state index contributed by atoms with van der Waals surface area (Å²) in [6, 6.07) is 7.86. The minimum atomic E-state index is 0.103. The van der Waals surface area contributed by atoms with Gasteiger partial charge in [-0.15, -0.1) is 0 Å². The van der Waals surface area contributed by atoms with Crippen molar-refractivity contribution >= 4 is 11.9 Å². The average Bonchev–Trinajstić information content (AvgIpc) is 3.01. The van der Waals surface area contributed by atoms with E-state index in [4.69, 9.17) is 0 Å². The van der Waals surface area contributed by atoms with Gasteiger partial charge in [-0.25, -0.2) is 4.79 Å². The topological polar surface area (TPSA) is 43.9 Å². The monoisotopic (exact) mass is 367 g/mol. The quantitative estimate of drug-likeness (QED) is 0.814. The van der Waals surface area contributed by atoms with Gasteiger partial charge in [-0.3, -0.25) is 4.79 Å². The molecule has 3 aliphatic rings. The Bertz CT molecular complexity index is 734. The van der Waals surface area contributed by atoms with Crippen molar-refractivity contribution in [3.05, 3.63) is 47.2 Å². The average molecular weight is 367 g/mol. The van der Waals surface area contributed by atoms with Crippen LogP contribution in [0.2, 0.25) is 0 Å². The van der Waals surface area contributed by atoms with E-state index in [0.717, 1.165) is 56.4 Å². The number of nitrogens with zero attached hydrogens (tertiary/aromatic N) is 3. The number of allylic oxidation sites excluding steroid dienone is 2. The second-order valence-corrected chi connectivity index (χ2v) is 8.14. The second kappa shape index (κ2) is 7.75. The Balaban J connectivity index is 1.37. The van der Waals surface area contributed by atoms with Gasteiger partial charge < -0.3 is 14.7 Å². The fourth-order valence-electron chi connectivity index (χ4n) is 4.51. The molecule has 1 unspecified atom stereocenters. The van der Waals surface area contributed by atoms with Crippen LogP contribution in [0.15, 0.2) is 36.0 Å². The molecule has 4 rings (SSSR count). The van der Waals surface area contributed by atoms with E-state index in [2.05, 4.69) is 6.08 Å². The molecule has 5 nitrogen and oxygen atoms in total. The predicted octanol–water partition coefficient (Wildman–Crippen LogP) is 3.86.